The quantitative estimate of drug-likeness (QED) is 0.172. The summed E-state index contributed by atoms with van der Waals surface area (Å²) in [7, 11) is 4.47. The van der Waals surface area contributed by atoms with Gasteiger partial charge in [0.2, 0.25) is 5.69 Å². The Kier molecular flexibility index (Phi) is 8.03. The Hall–Kier alpha value is -4.60. The van der Waals surface area contributed by atoms with Gasteiger partial charge in [0.05, 0.1) is 5.41 Å². The van der Waals surface area contributed by atoms with E-state index in [4.69, 9.17) is 0 Å². The summed E-state index contributed by atoms with van der Waals surface area (Å²) >= 11 is 1.92. The zero-order valence-corrected chi connectivity index (χ0v) is 31.2. The number of thioether (sulfide) groups is 1. The molecule has 0 aromatic heterocycles. The summed E-state index contributed by atoms with van der Waals surface area (Å²) in [4.78, 5) is 5.09. The predicted octanol–water partition coefficient (Wildman–Crippen LogP) is 12.3. The van der Waals surface area contributed by atoms with Crippen LogP contribution in [-0.4, -0.2) is 24.4 Å². The highest BCUT2D eigenvalue weighted by atomic mass is 32.2. The van der Waals surface area contributed by atoms with E-state index in [1.54, 1.807) is 0 Å². The van der Waals surface area contributed by atoms with Crippen LogP contribution in [0.3, 0.4) is 0 Å². The third-order valence-corrected chi connectivity index (χ3v) is 12.6. The highest BCUT2D eigenvalue weighted by Crippen LogP contribution is 2.51. The van der Waals surface area contributed by atoms with Gasteiger partial charge in [-0.05, 0) is 101 Å². The van der Waals surface area contributed by atoms with Crippen LogP contribution in [0.1, 0.15) is 58.6 Å². The lowest BCUT2D eigenvalue weighted by molar-refractivity contribution is -0.401. The number of likely N-dealkylation sites (N-methyl/N-ethyl adjacent to an activating group) is 1. The van der Waals surface area contributed by atoms with Gasteiger partial charge >= 0.3 is 0 Å². The lowest BCUT2D eigenvalue weighted by atomic mass is 9.78. The van der Waals surface area contributed by atoms with Gasteiger partial charge in [-0.3, -0.25) is 0 Å². The van der Waals surface area contributed by atoms with E-state index >= 15 is 0 Å². The number of anilines is 1. The second-order valence-electron chi connectivity index (χ2n) is 15.5. The number of fused-ring (bicyclic) bond motifs is 6. The van der Waals surface area contributed by atoms with Gasteiger partial charge in [-0.25, -0.2) is 0 Å². The molecule has 0 radical (unpaired) electrons. The molecule has 2 aliphatic heterocycles. The van der Waals surface area contributed by atoms with Crippen LogP contribution in [0.25, 0.3) is 21.5 Å². The second kappa shape index (κ2) is 12.3. The first kappa shape index (κ1) is 32.6. The summed E-state index contributed by atoms with van der Waals surface area (Å²) < 4.78 is 2.41. The van der Waals surface area contributed by atoms with Gasteiger partial charge in [0, 0.05) is 51.4 Å². The molecular formula is C47H47N2S+. The molecule has 0 N–H and O–H groups in total. The maximum absolute atomic E-state index is 2.44. The molecule has 0 spiro atoms. The maximum atomic E-state index is 2.44. The summed E-state index contributed by atoms with van der Waals surface area (Å²) in [6.07, 6.45) is 11.8. The van der Waals surface area contributed by atoms with Crippen molar-refractivity contribution in [3.05, 3.63) is 160 Å². The Labute approximate surface area is 302 Å². The SMILES string of the molecule is CC1CC(=CC=C2N(C)c3ccc4ccccc4c3C2(C)C)C(Sc2ccccc2)=C(C=CC2=[N+](C)c3ccc4ccccc4c3C2(C)C)C1. The van der Waals surface area contributed by atoms with Gasteiger partial charge < -0.3 is 4.90 Å². The molecule has 3 aliphatic rings. The van der Waals surface area contributed by atoms with Crippen molar-refractivity contribution in [2.45, 2.75) is 63.2 Å². The summed E-state index contributed by atoms with van der Waals surface area (Å²) in [6.45, 7) is 12.0. The molecule has 1 atom stereocenters. The molecule has 250 valence electrons. The zero-order valence-electron chi connectivity index (χ0n) is 30.4. The molecule has 5 aromatic carbocycles. The first-order valence-corrected chi connectivity index (χ1v) is 18.8. The van der Waals surface area contributed by atoms with Crippen LogP contribution in [0.4, 0.5) is 11.4 Å². The number of rotatable bonds is 5. The highest BCUT2D eigenvalue weighted by Gasteiger charge is 2.44. The van der Waals surface area contributed by atoms with E-state index in [2.05, 4.69) is 186 Å². The predicted molar refractivity (Wildman–Crippen MR) is 216 cm³/mol. The monoisotopic (exact) mass is 671 g/mol. The van der Waals surface area contributed by atoms with Crippen LogP contribution in [0.15, 0.2) is 154 Å². The smallest absolute Gasteiger partial charge is 0.210 e. The Morgan fingerprint density at radius 3 is 2.06 bits per heavy atom. The molecule has 2 nitrogen and oxygen atoms in total. The van der Waals surface area contributed by atoms with Crippen LogP contribution < -0.4 is 4.90 Å². The van der Waals surface area contributed by atoms with Crippen molar-refractivity contribution in [2.75, 3.05) is 19.0 Å². The average Bonchev–Trinajstić information content (AvgIpc) is 3.44. The molecule has 0 saturated heterocycles. The summed E-state index contributed by atoms with van der Waals surface area (Å²) in [5, 5.41) is 5.31. The molecular weight excluding hydrogens is 625 g/mol. The van der Waals surface area contributed by atoms with Crippen LogP contribution in [0.2, 0.25) is 0 Å². The molecule has 0 amide bonds. The fourth-order valence-electron chi connectivity index (χ4n) is 8.99. The highest BCUT2D eigenvalue weighted by molar-refractivity contribution is 8.03. The number of allylic oxidation sites excluding steroid dienone is 7. The Morgan fingerprint density at radius 2 is 1.34 bits per heavy atom. The molecule has 8 rings (SSSR count). The van der Waals surface area contributed by atoms with Crippen LogP contribution >= 0.6 is 11.8 Å². The minimum absolute atomic E-state index is 0.115. The molecule has 1 unspecified atom stereocenters. The molecule has 1 aliphatic carbocycles. The number of hydrogen-bond acceptors (Lipinski definition) is 2. The van der Waals surface area contributed by atoms with E-state index in [9.17, 15) is 0 Å². The number of nitrogens with zero attached hydrogens (tertiary/aromatic N) is 2. The minimum atomic E-state index is -0.115. The van der Waals surface area contributed by atoms with Gasteiger partial charge in [-0.2, -0.15) is 4.58 Å². The van der Waals surface area contributed by atoms with Crippen molar-refractivity contribution in [1.29, 1.82) is 0 Å². The number of benzene rings is 5. The first-order chi connectivity index (χ1) is 24.1. The van der Waals surface area contributed by atoms with Crippen molar-refractivity contribution in [2.24, 2.45) is 5.92 Å². The van der Waals surface area contributed by atoms with E-state index in [1.807, 2.05) is 11.8 Å². The van der Waals surface area contributed by atoms with Crippen molar-refractivity contribution >= 4 is 50.4 Å². The van der Waals surface area contributed by atoms with E-state index in [1.165, 1.54) is 76.4 Å². The lowest BCUT2D eigenvalue weighted by Crippen LogP contribution is -2.27. The average molecular weight is 672 g/mol. The van der Waals surface area contributed by atoms with Gasteiger partial charge in [-0.15, -0.1) is 0 Å². The van der Waals surface area contributed by atoms with E-state index in [-0.39, 0.29) is 10.8 Å². The second-order valence-corrected chi connectivity index (χ2v) is 16.6. The van der Waals surface area contributed by atoms with Crippen molar-refractivity contribution in [3.8, 4) is 0 Å². The maximum Gasteiger partial charge on any atom is 0.210 e. The minimum Gasteiger partial charge on any atom is -0.347 e. The molecule has 0 fully saturated rings. The topological polar surface area (TPSA) is 6.25 Å². The molecule has 3 heteroatoms. The molecule has 5 aromatic rings. The van der Waals surface area contributed by atoms with E-state index in [0.29, 0.717) is 5.92 Å². The molecule has 0 bridgehead atoms. The summed E-state index contributed by atoms with van der Waals surface area (Å²) in [5.74, 6) is 0.551. The zero-order chi connectivity index (χ0) is 34.8. The fraction of sp³-hybridized carbons (Fsp3) is 0.255. The Morgan fingerprint density at radius 1 is 0.700 bits per heavy atom. The van der Waals surface area contributed by atoms with Crippen LogP contribution in [0, 0.1) is 5.92 Å². The summed E-state index contributed by atoms with van der Waals surface area (Å²) in [5.41, 5.74) is 10.8. The third kappa shape index (κ3) is 5.29. The molecule has 0 saturated carbocycles. The van der Waals surface area contributed by atoms with Gasteiger partial charge in [0.1, 0.15) is 7.05 Å². The van der Waals surface area contributed by atoms with Gasteiger partial charge in [0.15, 0.2) is 5.71 Å². The fourth-order valence-corrected chi connectivity index (χ4v) is 10.1. The summed E-state index contributed by atoms with van der Waals surface area (Å²) in [6, 6.07) is 37.7. The largest absolute Gasteiger partial charge is 0.347 e. The van der Waals surface area contributed by atoms with Crippen molar-refractivity contribution in [1.82, 2.24) is 0 Å². The van der Waals surface area contributed by atoms with Crippen LogP contribution in [-0.2, 0) is 10.8 Å². The number of hydrogen-bond donors (Lipinski definition) is 0. The lowest BCUT2D eigenvalue weighted by Gasteiger charge is -2.27. The normalized spacial score (nSPS) is 21.3. The van der Waals surface area contributed by atoms with E-state index in [0.717, 1.165) is 12.8 Å². The van der Waals surface area contributed by atoms with Crippen molar-refractivity contribution in [3.63, 3.8) is 0 Å². The van der Waals surface area contributed by atoms with Gasteiger partial charge in [0.25, 0.3) is 0 Å². The standard InChI is InChI=1S/C47H47N2S/c1-31-29-34(23-27-41-46(2,3)43-37-19-13-11-15-32(37)21-25-39(43)48(41)6)45(50-36-17-9-8-10-18-36)35(30-31)24-28-42-47(4,5)44-38-20-14-12-16-33(38)22-26-40(44)49(42)7/h8-28,31H,29-30H2,1-7H3/q+1. The Balaban J connectivity index is 1.22. The van der Waals surface area contributed by atoms with Gasteiger partial charge in [-0.1, -0.05) is 117 Å². The van der Waals surface area contributed by atoms with Crippen molar-refractivity contribution < 1.29 is 4.58 Å². The third-order valence-electron chi connectivity index (χ3n) is 11.4. The molecule has 50 heavy (non-hydrogen) atoms. The van der Waals surface area contributed by atoms with E-state index < -0.39 is 0 Å². The molecule has 2 heterocycles. The Bertz CT molecular complexity index is 2330. The van der Waals surface area contributed by atoms with Crippen LogP contribution in [0.5, 0.6) is 0 Å². The first-order valence-electron chi connectivity index (χ1n) is 18.0.